The van der Waals surface area contributed by atoms with E-state index in [-0.39, 0.29) is 12.1 Å². The molecule has 0 aliphatic rings. The molecule has 3 heteroatoms. The van der Waals surface area contributed by atoms with Crippen LogP contribution >= 0.6 is 0 Å². The van der Waals surface area contributed by atoms with Gasteiger partial charge in [-0.2, -0.15) is 0 Å². The molecular formula is C14H19N3. The average molecular weight is 229 g/mol. The predicted molar refractivity (Wildman–Crippen MR) is 69.8 cm³/mol. The van der Waals surface area contributed by atoms with Crippen LogP contribution in [0.1, 0.15) is 42.8 Å². The zero-order valence-corrected chi connectivity index (χ0v) is 10.6. The third-order valence-electron chi connectivity index (χ3n) is 3.14. The van der Waals surface area contributed by atoms with E-state index in [2.05, 4.69) is 47.7 Å². The fourth-order valence-electron chi connectivity index (χ4n) is 2.00. The number of nitrogens with two attached hydrogens (primary N) is 1. The molecule has 0 saturated heterocycles. The normalized spacial score (nSPS) is 14.6. The highest BCUT2D eigenvalue weighted by Crippen LogP contribution is 2.22. The standard InChI is InChI=1S/C14H19N3/c1-10-4-6-13(7-5-10)12(3)17-9-16-8-14(17)11(2)15/h4-9,11-12H,15H2,1-3H3/t11-,12?/m0/s1. The lowest BCUT2D eigenvalue weighted by atomic mass is 10.1. The summed E-state index contributed by atoms with van der Waals surface area (Å²) in [4.78, 5) is 4.19. The van der Waals surface area contributed by atoms with Crippen molar-refractivity contribution in [2.75, 3.05) is 0 Å². The number of benzene rings is 1. The summed E-state index contributed by atoms with van der Waals surface area (Å²) in [5.41, 5.74) is 9.56. The van der Waals surface area contributed by atoms with E-state index in [1.807, 2.05) is 19.4 Å². The van der Waals surface area contributed by atoms with Gasteiger partial charge in [0.15, 0.2) is 0 Å². The third kappa shape index (κ3) is 2.39. The lowest BCUT2D eigenvalue weighted by molar-refractivity contribution is 0.582. The molecule has 0 aliphatic heterocycles. The molecule has 2 rings (SSSR count). The summed E-state index contributed by atoms with van der Waals surface area (Å²) in [6.45, 7) is 6.24. The molecule has 0 amide bonds. The summed E-state index contributed by atoms with van der Waals surface area (Å²) in [5.74, 6) is 0. The lowest BCUT2D eigenvalue weighted by Gasteiger charge is -2.18. The van der Waals surface area contributed by atoms with Crippen LogP contribution in [0.5, 0.6) is 0 Å². The summed E-state index contributed by atoms with van der Waals surface area (Å²) in [6, 6.07) is 8.85. The van der Waals surface area contributed by atoms with Gasteiger partial charge in [0.2, 0.25) is 0 Å². The van der Waals surface area contributed by atoms with Crippen molar-refractivity contribution in [1.82, 2.24) is 9.55 Å². The SMILES string of the molecule is Cc1ccc(C(C)n2cncc2[C@H](C)N)cc1. The largest absolute Gasteiger partial charge is 0.326 e. The van der Waals surface area contributed by atoms with E-state index in [1.165, 1.54) is 11.1 Å². The molecule has 1 unspecified atom stereocenters. The fourth-order valence-corrected chi connectivity index (χ4v) is 2.00. The average Bonchev–Trinajstić information content (AvgIpc) is 2.78. The molecule has 0 fully saturated rings. The second-order valence-electron chi connectivity index (χ2n) is 4.60. The van der Waals surface area contributed by atoms with Crippen LogP contribution in [0.15, 0.2) is 36.8 Å². The number of hydrogen-bond donors (Lipinski definition) is 1. The summed E-state index contributed by atoms with van der Waals surface area (Å²) in [5, 5.41) is 0. The van der Waals surface area contributed by atoms with Crippen LogP contribution in [-0.4, -0.2) is 9.55 Å². The van der Waals surface area contributed by atoms with Gasteiger partial charge in [-0.15, -0.1) is 0 Å². The highest BCUT2D eigenvalue weighted by Gasteiger charge is 2.13. The van der Waals surface area contributed by atoms with Crippen molar-refractivity contribution in [3.63, 3.8) is 0 Å². The summed E-state index contributed by atoms with van der Waals surface area (Å²) >= 11 is 0. The maximum Gasteiger partial charge on any atom is 0.0954 e. The molecule has 0 radical (unpaired) electrons. The van der Waals surface area contributed by atoms with Crippen LogP contribution < -0.4 is 5.73 Å². The topological polar surface area (TPSA) is 43.8 Å². The first kappa shape index (κ1) is 11.9. The van der Waals surface area contributed by atoms with Crippen LogP contribution in [0.25, 0.3) is 0 Å². The Bertz CT molecular complexity index is 482. The molecule has 0 aliphatic carbocycles. The second-order valence-corrected chi connectivity index (χ2v) is 4.60. The van der Waals surface area contributed by atoms with Crippen molar-refractivity contribution in [2.45, 2.75) is 32.9 Å². The molecule has 0 bridgehead atoms. The van der Waals surface area contributed by atoms with E-state index in [0.717, 1.165) is 5.69 Å². The maximum absolute atomic E-state index is 5.94. The third-order valence-corrected chi connectivity index (χ3v) is 3.14. The maximum atomic E-state index is 5.94. The van der Waals surface area contributed by atoms with Crippen molar-refractivity contribution >= 4 is 0 Å². The van der Waals surface area contributed by atoms with E-state index in [0.29, 0.717) is 0 Å². The molecule has 0 saturated carbocycles. The Balaban J connectivity index is 2.33. The van der Waals surface area contributed by atoms with E-state index >= 15 is 0 Å². The molecule has 3 nitrogen and oxygen atoms in total. The van der Waals surface area contributed by atoms with Gasteiger partial charge in [0.25, 0.3) is 0 Å². The Morgan fingerprint density at radius 2 is 1.82 bits per heavy atom. The first-order valence-electron chi connectivity index (χ1n) is 5.93. The monoisotopic (exact) mass is 229 g/mol. The molecule has 1 aromatic heterocycles. The predicted octanol–water partition coefficient (Wildman–Crippen LogP) is 2.82. The summed E-state index contributed by atoms with van der Waals surface area (Å²) < 4.78 is 2.13. The van der Waals surface area contributed by atoms with Gasteiger partial charge in [0, 0.05) is 12.2 Å². The van der Waals surface area contributed by atoms with Crippen LogP contribution in [0.3, 0.4) is 0 Å². The first-order chi connectivity index (χ1) is 8.09. The van der Waals surface area contributed by atoms with E-state index in [4.69, 9.17) is 5.73 Å². The molecule has 2 aromatic rings. The van der Waals surface area contributed by atoms with Crippen LogP contribution in [0.4, 0.5) is 0 Å². The number of nitrogens with zero attached hydrogens (tertiary/aromatic N) is 2. The van der Waals surface area contributed by atoms with Crippen LogP contribution in [0, 0.1) is 6.92 Å². The second kappa shape index (κ2) is 4.72. The minimum Gasteiger partial charge on any atom is -0.326 e. The minimum absolute atomic E-state index is 0.00500. The number of rotatable bonds is 3. The minimum atomic E-state index is 0.00500. The van der Waals surface area contributed by atoms with E-state index < -0.39 is 0 Å². The first-order valence-corrected chi connectivity index (χ1v) is 5.93. The Kier molecular flexibility index (Phi) is 3.29. The van der Waals surface area contributed by atoms with Crippen molar-refractivity contribution in [3.8, 4) is 0 Å². The zero-order valence-electron chi connectivity index (χ0n) is 10.6. The molecule has 17 heavy (non-hydrogen) atoms. The highest BCUT2D eigenvalue weighted by molar-refractivity contribution is 5.25. The van der Waals surface area contributed by atoms with Crippen LogP contribution in [-0.2, 0) is 0 Å². The molecule has 2 N–H and O–H groups in total. The van der Waals surface area contributed by atoms with Gasteiger partial charge in [-0.3, -0.25) is 0 Å². The zero-order chi connectivity index (χ0) is 12.4. The van der Waals surface area contributed by atoms with Crippen molar-refractivity contribution < 1.29 is 0 Å². The number of imidazole rings is 1. The van der Waals surface area contributed by atoms with Gasteiger partial charge >= 0.3 is 0 Å². The number of aromatic nitrogens is 2. The molecule has 0 spiro atoms. The van der Waals surface area contributed by atoms with Crippen molar-refractivity contribution in [3.05, 3.63) is 53.6 Å². The highest BCUT2D eigenvalue weighted by atomic mass is 15.1. The van der Waals surface area contributed by atoms with Gasteiger partial charge < -0.3 is 10.3 Å². The Labute approximate surface area is 102 Å². The number of hydrogen-bond acceptors (Lipinski definition) is 2. The molecule has 1 heterocycles. The Morgan fingerprint density at radius 3 is 2.41 bits per heavy atom. The van der Waals surface area contributed by atoms with Gasteiger partial charge in [-0.25, -0.2) is 4.98 Å². The van der Waals surface area contributed by atoms with Crippen molar-refractivity contribution in [2.24, 2.45) is 5.73 Å². The lowest BCUT2D eigenvalue weighted by Crippen LogP contribution is -2.15. The smallest absolute Gasteiger partial charge is 0.0954 e. The fraction of sp³-hybridized carbons (Fsp3) is 0.357. The Morgan fingerprint density at radius 1 is 1.18 bits per heavy atom. The summed E-state index contributed by atoms with van der Waals surface area (Å²) in [6.07, 6.45) is 3.69. The number of aryl methyl sites for hydroxylation is 1. The van der Waals surface area contributed by atoms with E-state index in [1.54, 1.807) is 0 Å². The van der Waals surface area contributed by atoms with Gasteiger partial charge in [0.05, 0.1) is 18.1 Å². The molecular weight excluding hydrogens is 210 g/mol. The molecule has 1 aromatic carbocycles. The quantitative estimate of drug-likeness (QED) is 0.879. The Hall–Kier alpha value is -1.61. The summed E-state index contributed by atoms with van der Waals surface area (Å²) in [7, 11) is 0. The van der Waals surface area contributed by atoms with Crippen LogP contribution in [0.2, 0.25) is 0 Å². The molecule has 90 valence electrons. The van der Waals surface area contributed by atoms with Gasteiger partial charge in [-0.05, 0) is 26.3 Å². The van der Waals surface area contributed by atoms with Gasteiger partial charge in [-0.1, -0.05) is 29.8 Å². The van der Waals surface area contributed by atoms with Crippen molar-refractivity contribution in [1.29, 1.82) is 0 Å². The van der Waals surface area contributed by atoms with E-state index in [9.17, 15) is 0 Å². The van der Waals surface area contributed by atoms with Gasteiger partial charge in [0.1, 0.15) is 0 Å². The molecule has 2 atom stereocenters.